The van der Waals surface area contributed by atoms with Crippen LogP contribution in [0.3, 0.4) is 0 Å². The second-order valence-corrected chi connectivity index (χ2v) is 4.88. The molecule has 0 bridgehead atoms. The zero-order chi connectivity index (χ0) is 16.6. The van der Waals surface area contributed by atoms with Crippen LogP contribution in [0.4, 0.5) is 24.8 Å². The zero-order valence-electron chi connectivity index (χ0n) is 11.6. The lowest BCUT2D eigenvalue weighted by Crippen LogP contribution is -2.40. The number of rotatable bonds is 2. The smallest absolute Gasteiger partial charge is 0.411 e. The number of hydrogen-bond donors (Lipinski definition) is 2. The molecule has 10 heteroatoms. The van der Waals surface area contributed by atoms with E-state index in [0.717, 1.165) is 17.4 Å². The summed E-state index contributed by atoms with van der Waals surface area (Å²) >= 11 is 0. The fourth-order valence-corrected chi connectivity index (χ4v) is 2.19. The lowest BCUT2D eigenvalue weighted by atomic mass is 10.1. The van der Waals surface area contributed by atoms with Crippen LogP contribution < -0.4 is 10.7 Å². The van der Waals surface area contributed by atoms with Crippen molar-refractivity contribution in [1.82, 2.24) is 15.0 Å². The Balaban J connectivity index is 2.00. The fraction of sp³-hybridized carbons (Fsp3) is 0.231. The van der Waals surface area contributed by atoms with Gasteiger partial charge in [-0.05, 0) is 6.07 Å². The van der Waals surface area contributed by atoms with Crippen molar-refractivity contribution in [2.75, 3.05) is 10.7 Å². The summed E-state index contributed by atoms with van der Waals surface area (Å²) in [7, 11) is 0. The van der Waals surface area contributed by atoms with E-state index in [4.69, 9.17) is 5.73 Å². The molecule has 23 heavy (non-hydrogen) atoms. The third-order valence-corrected chi connectivity index (χ3v) is 3.24. The SMILES string of the molecule is Nc1cnc(N2N=C(c3cncc(O)c3)CC2C(F)(F)F)cn1. The maximum Gasteiger partial charge on any atom is 0.411 e. The number of nitrogens with two attached hydrogens (primary N) is 1. The number of hydrogen-bond acceptors (Lipinski definition) is 7. The van der Waals surface area contributed by atoms with Crippen LogP contribution >= 0.6 is 0 Å². The maximum atomic E-state index is 13.3. The van der Waals surface area contributed by atoms with Crippen LogP contribution in [0.5, 0.6) is 5.75 Å². The number of halogens is 3. The zero-order valence-corrected chi connectivity index (χ0v) is 11.6. The third kappa shape index (κ3) is 3.00. The Morgan fingerprint density at radius 3 is 2.57 bits per heavy atom. The van der Waals surface area contributed by atoms with Gasteiger partial charge in [0.25, 0.3) is 0 Å². The molecule has 0 saturated carbocycles. The lowest BCUT2D eigenvalue weighted by molar-refractivity contribution is -0.145. The van der Waals surface area contributed by atoms with Gasteiger partial charge < -0.3 is 10.8 Å². The van der Waals surface area contributed by atoms with Gasteiger partial charge in [0.15, 0.2) is 11.9 Å². The molecule has 0 amide bonds. The summed E-state index contributed by atoms with van der Waals surface area (Å²) in [5.74, 6) is -0.123. The van der Waals surface area contributed by atoms with Gasteiger partial charge in [0.1, 0.15) is 11.6 Å². The van der Waals surface area contributed by atoms with E-state index in [-0.39, 0.29) is 29.5 Å². The maximum absolute atomic E-state index is 13.3. The van der Waals surface area contributed by atoms with Gasteiger partial charge in [-0.2, -0.15) is 18.3 Å². The van der Waals surface area contributed by atoms with Crippen molar-refractivity contribution < 1.29 is 18.3 Å². The van der Waals surface area contributed by atoms with Crippen LogP contribution in [-0.2, 0) is 0 Å². The lowest BCUT2D eigenvalue weighted by Gasteiger charge is -2.24. The van der Waals surface area contributed by atoms with Gasteiger partial charge in [-0.3, -0.25) is 4.98 Å². The first-order chi connectivity index (χ1) is 10.8. The largest absolute Gasteiger partial charge is 0.506 e. The summed E-state index contributed by atoms with van der Waals surface area (Å²) in [6.45, 7) is 0. The van der Waals surface area contributed by atoms with Gasteiger partial charge in [0, 0.05) is 18.2 Å². The molecular weight excluding hydrogens is 313 g/mol. The highest BCUT2D eigenvalue weighted by atomic mass is 19.4. The average Bonchev–Trinajstić information content (AvgIpc) is 2.93. The van der Waals surface area contributed by atoms with Crippen molar-refractivity contribution >= 4 is 17.3 Å². The second-order valence-electron chi connectivity index (χ2n) is 4.88. The predicted octanol–water partition coefficient (Wildman–Crippen LogP) is 1.70. The van der Waals surface area contributed by atoms with E-state index in [1.165, 1.54) is 18.5 Å². The van der Waals surface area contributed by atoms with E-state index in [9.17, 15) is 18.3 Å². The molecule has 7 nitrogen and oxygen atoms in total. The highest BCUT2D eigenvalue weighted by Gasteiger charge is 2.48. The summed E-state index contributed by atoms with van der Waals surface area (Å²) in [5.41, 5.74) is 5.85. The summed E-state index contributed by atoms with van der Waals surface area (Å²) in [4.78, 5) is 11.3. The van der Waals surface area contributed by atoms with Crippen molar-refractivity contribution in [1.29, 1.82) is 0 Å². The number of aromatic hydroxyl groups is 1. The topological polar surface area (TPSA) is 101 Å². The predicted molar refractivity (Wildman–Crippen MR) is 75.8 cm³/mol. The number of hydrazone groups is 1. The van der Waals surface area contributed by atoms with Gasteiger partial charge in [0.2, 0.25) is 0 Å². The minimum Gasteiger partial charge on any atom is -0.506 e. The van der Waals surface area contributed by atoms with Gasteiger partial charge in [-0.1, -0.05) is 0 Å². The van der Waals surface area contributed by atoms with Crippen LogP contribution in [0, 0.1) is 0 Å². The number of alkyl halides is 3. The van der Waals surface area contributed by atoms with Gasteiger partial charge >= 0.3 is 6.18 Å². The van der Waals surface area contributed by atoms with E-state index in [1.807, 2.05) is 0 Å². The van der Waals surface area contributed by atoms with Crippen LogP contribution in [0.15, 0.2) is 36.0 Å². The Bertz CT molecular complexity index is 746. The molecule has 0 aliphatic carbocycles. The van der Waals surface area contributed by atoms with E-state index in [1.54, 1.807) is 0 Å². The summed E-state index contributed by atoms with van der Waals surface area (Å²) in [6.07, 6.45) is -0.0969. The molecule has 1 unspecified atom stereocenters. The first kappa shape index (κ1) is 15.0. The number of nitrogens with zero attached hydrogens (tertiary/aromatic N) is 5. The van der Waals surface area contributed by atoms with Gasteiger partial charge in [-0.25, -0.2) is 15.0 Å². The monoisotopic (exact) mass is 324 g/mol. The minimum absolute atomic E-state index is 0.0652. The van der Waals surface area contributed by atoms with Crippen LogP contribution in [-0.4, -0.2) is 38.0 Å². The Morgan fingerprint density at radius 1 is 1.17 bits per heavy atom. The van der Waals surface area contributed by atoms with Crippen molar-refractivity contribution in [3.8, 4) is 5.75 Å². The standard InChI is InChI=1S/C13H11F3N6O/c14-13(15,16)10-2-9(7-1-8(23)4-18-3-7)21-22(10)12-6-19-11(17)5-20-12/h1,3-6,10,23H,2H2,(H2,17,19). The van der Waals surface area contributed by atoms with Crippen LogP contribution in [0.2, 0.25) is 0 Å². The Morgan fingerprint density at radius 2 is 1.96 bits per heavy atom. The van der Waals surface area contributed by atoms with Gasteiger partial charge in [0.05, 0.1) is 24.3 Å². The molecule has 0 radical (unpaired) electrons. The van der Waals surface area contributed by atoms with Crippen molar-refractivity contribution in [2.45, 2.75) is 18.6 Å². The summed E-state index contributed by atoms with van der Waals surface area (Å²) in [6, 6.07) is -0.574. The molecule has 1 aliphatic rings. The molecule has 3 heterocycles. The molecule has 0 spiro atoms. The minimum atomic E-state index is -4.52. The highest BCUT2D eigenvalue weighted by molar-refractivity contribution is 6.03. The molecule has 2 aromatic heterocycles. The molecule has 3 N–H and O–H groups in total. The molecule has 1 atom stereocenters. The first-order valence-electron chi connectivity index (χ1n) is 6.50. The van der Waals surface area contributed by atoms with Crippen molar-refractivity contribution in [3.05, 3.63) is 36.4 Å². The van der Waals surface area contributed by atoms with Crippen LogP contribution in [0.1, 0.15) is 12.0 Å². The number of aromatic nitrogens is 3. The Kier molecular flexibility index (Phi) is 3.51. The molecule has 0 aromatic carbocycles. The van der Waals surface area contributed by atoms with E-state index < -0.39 is 12.2 Å². The third-order valence-electron chi connectivity index (χ3n) is 3.24. The number of anilines is 2. The molecule has 2 aromatic rings. The second kappa shape index (κ2) is 5.38. The normalized spacial score (nSPS) is 18.1. The molecule has 120 valence electrons. The Labute approximate surface area is 128 Å². The molecule has 3 rings (SSSR count). The Hall–Kier alpha value is -2.91. The van der Waals surface area contributed by atoms with Crippen molar-refractivity contribution in [2.24, 2.45) is 5.10 Å². The molecule has 0 saturated heterocycles. The van der Waals surface area contributed by atoms with Crippen LogP contribution in [0.25, 0.3) is 0 Å². The van der Waals surface area contributed by atoms with E-state index in [2.05, 4.69) is 20.1 Å². The summed E-state index contributed by atoms with van der Waals surface area (Å²) < 4.78 is 39.9. The molecule has 0 fully saturated rings. The average molecular weight is 324 g/mol. The first-order valence-corrected chi connectivity index (χ1v) is 6.50. The van der Waals surface area contributed by atoms with Gasteiger partial charge in [-0.15, -0.1) is 0 Å². The molecular formula is C13H11F3N6O. The highest BCUT2D eigenvalue weighted by Crippen LogP contribution is 2.35. The molecule has 1 aliphatic heterocycles. The van der Waals surface area contributed by atoms with Crippen molar-refractivity contribution in [3.63, 3.8) is 0 Å². The number of nitrogen functional groups attached to an aromatic ring is 1. The fourth-order valence-electron chi connectivity index (χ4n) is 2.19. The van der Waals surface area contributed by atoms with E-state index >= 15 is 0 Å². The van der Waals surface area contributed by atoms with E-state index in [0.29, 0.717) is 5.56 Å². The quantitative estimate of drug-likeness (QED) is 0.872. The summed E-state index contributed by atoms with van der Waals surface area (Å²) in [5, 5.41) is 14.2. The number of pyridine rings is 1.